The van der Waals surface area contributed by atoms with Crippen molar-refractivity contribution in [1.29, 1.82) is 0 Å². The number of nitrogens with zero attached hydrogens (tertiary/aromatic N) is 2. The highest BCUT2D eigenvalue weighted by molar-refractivity contribution is 6.10. The van der Waals surface area contributed by atoms with E-state index in [1.807, 2.05) is 0 Å². The minimum Gasteiger partial charge on any atom is -0.504 e. The lowest BCUT2D eigenvalue weighted by Gasteiger charge is -2.04. The first-order valence-corrected chi connectivity index (χ1v) is 5.44. The SMILES string of the molecule is O=Nc1ccc(C(=O)c2ccc(O)c(O)c2)cc1N=O. The zero-order chi connectivity index (χ0) is 14.7. The summed E-state index contributed by atoms with van der Waals surface area (Å²) >= 11 is 0. The van der Waals surface area contributed by atoms with Crippen molar-refractivity contribution in [2.75, 3.05) is 0 Å². The summed E-state index contributed by atoms with van der Waals surface area (Å²) in [5.74, 6) is -1.28. The van der Waals surface area contributed by atoms with Crippen LogP contribution in [0.15, 0.2) is 46.8 Å². The van der Waals surface area contributed by atoms with Gasteiger partial charge < -0.3 is 10.2 Å². The van der Waals surface area contributed by atoms with Gasteiger partial charge in [-0.25, -0.2) is 0 Å². The second-order valence-electron chi connectivity index (χ2n) is 3.92. The molecule has 2 aromatic rings. The summed E-state index contributed by atoms with van der Waals surface area (Å²) in [6, 6.07) is 7.24. The Balaban J connectivity index is 2.45. The van der Waals surface area contributed by atoms with E-state index in [0.29, 0.717) is 0 Å². The van der Waals surface area contributed by atoms with Crippen molar-refractivity contribution in [3.8, 4) is 11.5 Å². The van der Waals surface area contributed by atoms with Gasteiger partial charge in [0.15, 0.2) is 17.3 Å². The molecular weight excluding hydrogens is 264 g/mol. The van der Waals surface area contributed by atoms with E-state index in [0.717, 1.165) is 12.1 Å². The van der Waals surface area contributed by atoms with Gasteiger partial charge in [-0.2, -0.15) is 0 Å². The minimum absolute atomic E-state index is 0.108. The van der Waals surface area contributed by atoms with E-state index in [1.165, 1.54) is 24.3 Å². The molecule has 2 aromatic carbocycles. The third-order valence-corrected chi connectivity index (χ3v) is 2.67. The molecule has 0 amide bonds. The Morgan fingerprint density at radius 1 is 0.800 bits per heavy atom. The summed E-state index contributed by atoms with van der Waals surface area (Å²) in [6.07, 6.45) is 0. The Kier molecular flexibility index (Phi) is 3.52. The van der Waals surface area contributed by atoms with Crippen LogP contribution in [0.2, 0.25) is 0 Å². The van der Waals surface area contributed by atoms with Gasteiger partial charge in [0.05, 0.1) is 0 Å². The van der Waals surface area contributed by atoms with Gasteiger partial charge in [0.1, 0.15) is 11.4 Å². The second-order valence-corrected chi connectivity index (χ2v) is 3.92. The van der Waals surface area contributed by atoms with Crippen LogP contribution in [0.5, 0.6) is 11.5 Å². The molecule has 20 heavy (non-hydrogen) atoms. The van der Waals surface area contributed by atoms with Gasteiger partial charge in [-0.3, -0.25) is 4.79 Å². The molecule has 0 bridgehead atoms. The standard InChI is InChI=1S/C13H8N2O5/c16-11-4-2-8(6-12(11)17)13(18)7-1-3-9(14-19)10(5-7)15-20/h1-6,16-17H. The molecule has 2 rings (SSSR count). The Bertz CT molecular complexity index is 712. The molecule has 0 radical (unpaired) electrons. The summed E-state index contributed by atoms with van der Waals surface area (Å²) in [6.45, 7) is 0. The van der Waals surface area contributed by atoms with Crippen LogP contribution in [-0.4, -0.2) is 16.0 Å². The van der Waals surface area contributed by atoms with Crippen molar-refractivity contribution in [1.82, 2.24) is 0 Å². The second kappa shape index (κ2) is 5.27. The first-order valence-electron chi connectivity index (χ1n) is 5.44. The van der Waals surface area contributed by atoms with Gasteiger partial charge in [0.25, 0.3) is 0 Å². The van der Waals surface area contributed by atoms with Crippen molar-refractivity contribution in [3.05, 3.63) is 57.3 Å². The van der Waals surface area contributed by atoms with E-state index in [1.54, 1.807) is 0 Å². The first kappa shape index (κ1) is 13.3. The van der Waals surface area contributed by atoms with Crippen LogP contribution in [-0.2, 0) is 0 Å². The number of hydrogen-bond donors (Lipinski definition) is 2. The zero-order valence-corrected chi connectivity index (χ0v) is 9.98. The summed E-state index contributed by atoms with van der Waals surface area (Å²) in [4.78, 5) is 33.1. The minimum atomic E-state index is -0.498. The maximum atomic E-state index is 12.1. The van der Waals surface area contributed by atoms with Gasteiger partial charge in [0.2, 0.25) is 0 Å². The Labute approximate surface area is 112 Å². The van der Waals surface area contributed by atoms with E-state index < -0.39 is 11.5 Å². The molecule has 0 unspecified atom stereocenters. The van der Waals surface area contributed by atoms with Gasteiger partial charge >= 0.3 is 0 Å². The number of hydrogen-bond acceptors (Lipinski definition) is 7. The molecule has 7 nitrogen and oxygen atoms in total. The number of nitroso groups, excluding NO2 is 2. The van der Waals surface area contributed by atoms with E-state index in [4.69, 9.17) is 0 Å². The lowest BCUT2D eigenvalue weighted by atomic mass is 10.0. The third-order valence-electron chi connectivity index (χ3n) is 2.67. The number of benzene rings is 2. The molecule has 7 heteroatoms. The van der Waals surface area contributed by atoms with Gasteiger partial charge in [-0.05, 0) is 46.8 Å². The lowest BCUT2D eigenvalue weighted by molar-refractivity contribution is 0.103. The van der Waals surface area contributed by atoms with E-state index >= 15 is 0 Å². The van der Waals surface area contributed by atoms with Crippen LogP contribution < -0.4 is 0 Å². The van der Waals surface area contributed by atoms with Crippen LogP contribution in [0.25, 0.3) is 0 Å². The fourth-order valence-corrected chi connectivity index (χ4v) is 1.65. The fourth-order valence-electron chi connectivity index (χ4n) is 1.65. The maximum absolute atomic E-state index is 12.1. The van der Waals surface area contributed by atoms with Crippen LogP contribution >= 0.6 is 0 Å². The smallest absolute Gasteiger partial charge is 0.193 e. The number of phenolic OH excluding ortho intramolecular Hbond substituents is 2. The molecule has 0 aromatic heterocycles. The van der Waals surface area contributed by atoms with Crippen LogP contribution in [0.1, 0.15) is 15.9 Å². The summed E-state index contributed by atoms with van der Waals surface area (Å²) < 4.78 is 0. The van der Waals surface area contributed by atoms with Crippen LogP contribution in [0, 0.1) is 9.81 Å². The predicted octanol–water partition coefficient (Wildman–Crippen LogP) is 3.12. The van der Waals surface area contributed by atoms with Crippen molar-refractivity contribution in [2.45, 2.75) is 0 Å². The highest BCUT2D eigenvalue weighted by atomic mass is 16.3. The lowest BCUT2D eigenvalue weighted by Crippen LogP contribution is -2.00. The molecule has 0 saturated carbocycles. The topological polar surface area (TPSA) is 116 Å². The average molecular weight is 272 g/mol. The molecule has 100 valence electrons. The van der Waals surface area contributed by atoms with Gasteiger partial charge in [-0.1, -0.05) is 0 Å². The van der Waals surface area contributed by atoms with E-state index in [2.05, 4.69) is 10.4 Å². The Hall–Kier alpha value is -3.09. The first-order chi connectivity index (χ1) is 9.56. The quantitative estimate of drug-likeness (QED) is 0.503. The molecule has 0 aliphatic heterocycles. The number of ketones is 1. The fraction of sp³-hybridized carbons (Fsp3) is 0. The van der Waals surface area contributed by atoms with Crippen LogP contribution in [0.3, 0.4) is 0 Å². The molecule has 2 N–H and O–H groups in total. The molecule has 0 saturated heterocycles. The zero-order valence-electron chi connectivity index (χ0n) is 9.98. The molecule has 0 atom stereocenters. The molecule has 0 aliphatic carbocycles. The largest absolute Gasteiger partial charge is 0.504 e. The summed E-state index contributed by atoms with van der Waals surface area (Å²) in [5.41, 5.74) is -0.181. The number of carbonyl (C=O) groups excluding carboxylic acids is 1. The highest BCUT2D eigenvalue weighted by Gasteiger charge is 2.14. The molecule has 0 aliphatic rings. The number of rotatable bonds is 4. The Morgan fingerprint density at radius 2 is 1.40 bits per heavy atom. The highest BCUT2D eigenvalue weighted by Crippen LogP contribution is 2.30. The molecule has 0 fully saturated rings. The monoisotopic (exact) mass is 272 g/mol. The van der Waals surface area contributed by atoms with E-state index in [9.17, 15) is 24.8 Å². The van der Waals surface area contributed by atoms with Gasteiger partial charge in [0, 0.05) is 11.1 Å². The number of aromatic hydroxyl groups is 2. The van der Waals surface area contributed by atoms with E-state index in [-0.39, 0.29) is 28.3 Å². The maximum Gasteiger partial charge on any atom is 0.193 e. The summed E-state index contributed by atoms with van der Waals surface area (Å²) in [5, 5.41) is 23.8. The third kappa shape index (κ3) is 2.37. The number of carbonyl (C=O) groups is 1. The molecule has 0 heterocycles. The van der Waals surface area contributed by atoms with Crippen molar-refractivity contribution < 1.29 is 15.0 Å². The average Bonchev–Trinajstić information content (AvgIpc) is 2.48. The summed E-state index contributed by atoms with van der Waals surface area (Å²) in [7, 11) is 0. The van der Waals surface area contributed by atoms with Crippen molar-refractivity contribution >= 4 is 17.2 Å². The van der Waals surface area contributed by atoms with Gasteiger partial charge in [-0.15, -0.1) is 9.81 Å². The predicted molar refractivity (Wildman–Crippen MR) is 70.6 cm³/mol. The van der Waals surface area contributed by atoms with Crippen molar-refractivity contribution in [2.24, 2.45) is 10.4 Å². The molecular formula is C13H8N2O5. The molecule has 0 spiro atoms. The normalized spacial score (nSPS) is 10.0. The van der Waals surface area contributed by atoms with Crippen LogP contribution in [0.4, 0.5) is 11.4 Å². The Morgan fingerprint density at radius 3 is 2.00 bits per heavy atom. The van der Waals surface area contributed by atoms with Crippen molar-refractivity contribution in [3.63, 3.8) is 0 Å². The number of phenols is 2.